The minimum atomic E-state index is -3.40. The first-order valence-corrected chi connectivity index (χ1v) is 6.43. The van der Waals surface area contributed by atoms with Crippen LogP contribution in [0.5, 0.6) is 0 Å². The van der Waals surface area contributed by atoms with Gasteiger partial charge in [-0.05, 0) is 18.1 Å². The number of sulfone groups is 1. The summed E-state index contributed by atoms with van der Waals surface area (Å²) >= 11 is 0. The molecule has 0 saturated heterocycles. The first kappa shape index (κ1) is 11.9. The number of aromatic nitrogens is 1. The van der Waals surface area contributed by atoms with Crippen LogP contribution >= 0.6 is 0 Å². The van der Waals surface area contributed by atoms with Crippen molar-refractivity contribution in [3.63, 3.8) is 0 Å². The number of hydrogen-bond donors (Lipinski definition) is 2. The molecule has 3 N–H and O–H groups in total. The van der Waals surface area contributed by atoms with Crippen molar-refractivity contribution in [1.29, 1.82) is 0 Å². The number of hydrogen-bond acceptors (Lipinski definition) is 4. The molecular formula is C9H14N2O3S. The zero-order chi connectivity index (χ0) is 11.6. The van der Waals surface area contributed by atoms with E-state index in [1.54, 1.807) is 0 Å². The number of H-pyrrole nitrogens is 1. The van der Waals surface area contributed by atoms with E-state index in [4.69, 9.17) is 5.73 Å². The summed E-state index contributed by atoms with van der Waals surface area (Å²) in [5.74, 6) is 0. The molecular weight excluding hydrogens is 216 g/mol. The van der Waals surface area contributed by atoms with Crippen molar-refractivity contribution in [3.8, 4) is 0 Å². The Balaban J connectivity index is 3.36. The Hall–Kier alpha value is -1.14. The van der Waals surface area contributed by atoms with Crippen molar-refractivity contribution in [1.82, 2.24) is 4.98 Å². The summed E-state index contributed by atoms with van der Waals surface area (Å²) in [7, 11) is -3.40. The van der Waals surface area contributed by atoms with E-state index in [9.17, 15) is 13.2 Å². The van der Waals surface area contributed by atoms with E-state index < -0.39 is 15.4 Å². The fourth-order valence-electron chi connectivity index (χ4n) is 1.19. The van der Waals surface area contributed by atoms with Crippen LogP contribution in [0, 0.1) is 0 Å². The smallest absolute Gasteiger partial charge is 0.249 e. The lowest BCUT2D eigenvalue weighted by Crippen LogP contribution is -2.17. The van der Waals surface area contributed by atoms with Gasteiger partial charge in [0.1, 0.15) is 5.03 Å². The third-order valence-electron chi connectivity index (χ3n) is 2.11. The van der Waals surface area contributed by atoms with Crippen molar-refractivity contribution >= 4 is 9.84 Å². The van der Waals surface area contributed by atoms with E-state index in [1.807, 2.05) is 6.92 Å². The summed E-state index contributed by atoms with van der Waals surface area (Å²) in [4.78, 5) is 13.5. The molecule has 0 fully saturated rings. The molecule has 0 aliphatic carbocycles. The molecule has 1 aromatic heterocycles. The van der Waals surface area contributed by atoms with Gasteiger partial charge in [0.05, 0.1) is 0 Å². The van der Waals surface area contributed by atoms with E-state index in [0.717, 1.165) is 6.26 Å². The van der Waals surface area contributed by atoms with Crippen LogP contribution in [0.2, 0.25) is 0 Å². The fraction of sp³-hybridized carbons (Fsp3) is 0.444. The predicted octanol–water partition coefficient (Wildman–Crippen LogP) is 0.188. The highest BCUT2D eigenvalue weighted by molar-refractivity contribution is 7.90. The Morgan fingerprint density at radius 1 is 1.47 bits per heavy atom. The molecule has 0 amide bonds. The molecule has 1 atom stereocenters. The van der Waals surface area contributed by atoms with Crippen molar-refractivity contribution in [2.24, 2.45) is 5.73 Å². The van der Waals surface area contributed by atoms with E-state index in [0.29, 0.717) is 12.0 Å². The Morgan fingerprint density at radius 3 is 2.53 bits per heavy atom. The first-order valence-electron chi connectivity index (χ1n) is 4.54. The highest BCUT2D eigenvalue weighted by Crippen LogP contribution is 2.14. The minimum absolute atomic E-state index is 0.0890. The molecule has 0 saturated carbocycles. The van der Waals surface area contributed by atoms with Crippen LogP contribution < -0.4 is 11.3 Å². The molecule has 0 aliphatic rings. The van der Waals surface area contributed by atoms with Crippen molar-refractivity contribution in [2.45, 2.75) is 24.4 Å². The maximum absolute atomic E-state index is 11.2. The second-order valence-corrected chi connectivity index (χ2v) is 5.41. The molecule has 0 aromatic carbocycles. The number of aromatic amines is 1. The average Bonchev–Trinajstić information content (AvgIpc) is 2.14. The van der Waals surface area contributed by atoms with Gasteiger partial charge in [-0.1, -0.05) is 6.92 Å². The van der Waals surface area contributed by atoms with Gasteiger partial charge in [0.25, 0.3) is 0 Å². The normalized spacial score (nSPS) is 13.8. The van der Waals surface area contributed by atoms with E-state index >= 15 is 0 Å². The number of nitrogens with one attached hydrogen (secondary N) is 1. The van der Waals surface area contributed by atoms with Crippen LogP contribution in [0.4, 0.5) is 0 Å². The zero-order valence-electron chi connectivity index (χ0n) is 8.65. The second-order valence-electron chi connectivity index (χ2n) is 3.43. The van der Waals surface area contributed by atoms with Gasteiger partial charge in [-0.15, -0.1) is 0 Å². The summed E-state index contributed by atoms with van der Waals surface area (Å²) in [6.45, 7) is 1.87. The molecule has 0 spiro atoms. The van der Waals surface area contributed by atoms with Gasteiger partial charge in [-0.2, -0.15) is 0 Å². The lowest BCUT2D eigenvalue weighted by atomic mass is 10.1. The highest BCUT2D eigenvalue weighted by atomic mass is 32.2. The maximum Gasteiger partial charge on any atom is 0.249 e. The molecule has 1 aromatic rings. The molecule has 1 rings (SSSR count). The molecule has 0 unspecified atom stereocenters. The van der Waals surface area contributed by atoms with Gasteiger partial charge in [-0.3, -0.25) is 4.79 Å². The molecule has 0 aliphatic heterocycles. The average molecular weight is 230 g/mol. The Labute approximate surface area is 88.2 Å². The van der Waals surface area contributed by atoms with Crippen LogP contribution in [0.15, 0.2) is 22.0 Å². The Kier molecular flexibility index (Phi) is 3.31. The molecule has 15 heavy (non-hydrogen) atoms. The zero-order valence-corrected chi connectivity index (χ0v) is 9.47. The van der Waals surface area contributed by atoms with Crippen molar-refractivity contribution < 1.29 is 8.42 Å². The third kappa shape index (κ3) is 2.90. The standard InChI is InChI=1S/C9H14N2O3S/c1-3-7(10)6-4-8(12)11-9(5-6)15(2,13)14/h4-5,7H,3,10H2,1-2H3,(H,11,12)/t7-/m0/s1. The van der Waals surface area contributed by atoms with E-state index in [-0.39, 0.29) is 11.1 Å². The second kappa shape index (κ2) is 4.16. The number of rotatable bonds is 3. The summed E-state index contributed by atoms with van der Waals surface area (Å²) in [5.41, 5.74) is 5.82. The molecule has 1 heterocycles. The minimum Gasteiger partial charge on any atom is -0.324 e. The highest BCUT2D eigenvalue weighted by Gasteiger charge is 2.12. The van der Waals surface area contributed by atoms with Crippen LogP contribution in [-0.2, 0) is 9.84 Å². The van der Waals surface area contributed by atoms with Crippen molar-refractivity contribution in [3.05, 3.63) is 28.0 Å². The first-order chi connectivity index (χ1) is 6.84. The number of pyridine rings is 1. The van der Waals surface area contributed by atoms with Crippen LogP contribution in [0.1, 0.15) is 24.9 Å². The summed E-state index contributed by atoms with van der Waals surface area (Å²) in [6, 6.07) is 2.42. The van der Waals surface area contributed by atoms with Crippen LogP contribution in [-0.4, -0.2) is 19.7 Å². The molecule has 0 radical (unpaired) electrons. The summed E-state index contributed by atoms with van der Waals surface area (Å²) in [6.07, 6.45) is 1.69. The van der Waals surface area contributed by atoms with E-state index in [2.05, 4.69) is 4.98 Å². The van der Waals surface area contributed by atoms with Gasteiger partial charge in [-0.25, -0.2) is 8.42 Å². The fourth-order valence-corrected chi connectivity index (χ4v) is 1.82. The molecule has 0 bridgehead atoms. The summed E-state index contributed by atoms with van der Waals surface area (Å²) in [5, 5.41) is -0.0890. The topological polar surface area (TPSA) is 93.0 Å². The van der Waals surface area contributed by atoms with Crippen LogP contribution in [0.25, 0.3) is 0 Å². The van der Waals surface area contributed by atoms with E-state index in [1.165, 1.54) is 12.1 Å². The Morgan fingerprint density at radius 2 is 2.07 bits per heavy atom. The molecule has 5 nitrogen and oxygen atoms in total. The molecule has 84 valence electrons. The third-order valence-corrected chi connectivity index (χ3v) is 3.13. The van der Waals surface area contributed by atoms with Crippen LogP contribution in [0.3, 0.4) is 0 Å². The molecule has 6 heteroatoms. The quantitative estimate of drug-likeness (QED) is 0.775. The number of nitrogens with two attached hydrogens (primary N) is 1. The SMILES string of the molecule is CC[C@H](N)c1cc(S(C)(=O)=O)[nH]c(=O)c1. The predicted molar refractivity (Wildman–Crippen MR) is 57.4 cm³/mol. The maximum atomic E-state index is 11.2. The van der Waals surface area contributed by atoms with Gasteiger partial charge in [0.2, 0.25) is 5.56 Å². The largest absolute Gasteiger partial charge is 0.324 e. The lowest BCUT2D eigenvalue weighted by molar-refractivity contribution is 0.596. The van der Waals surface area contributed by atoms with Gasteiger partial charge >= 0.3 is 0 Å². The van der Waals surface area contributed by atoms with Gasteiger partial charge in [0, 0.05) is 18.4 Å². The van der Waals surface area contributed by atoms with Gasteiger partial charge < -0.3 is 10.7 Å². The van der Waals surface area contributed by atoms with Gasteiger partial charge in [0.15, 0.2) is 9.84 Å². The lowest BCUT2D eigenvalue weighted by Gasteiger charge is -2.09. The summed E-state index contributed by atoms with van der Waals surface area (Å²) < 4.78 is 22.5. The monoisotopic (exact) mass is 230 g/mol. The van der Waals surface area contributed by atoms with Crippen molar-refractivity contribution in [2.75, 3.05) is 6.26 Å². The Bertz CT molecular complexity index is 504.